The van der Waals surface area contributed by atoms with Gasteiger partial charge < -0.3 is 10.2 Å². The van der Waals surface area contributed by atoms with Crippen molar-refractivity contribution in [2.45, 2.75) is 30.8 Å². The van der Waals surface area contributed by atoms with Crippen molar-refractivity contribution in [3.63, 3.8) is 0 Å². The summed E-state index contributed by atoms with van der Waals surface area (Å²) in [5.41, 5.74) is 1.02. The molecule has 1 N–H and O–H groups in total. The summed E-state index contributed by atoms with van der Waals surface area (Å²) < 4.78 is 28.3. The van der Waals surface area contributed by atoms with Gasteiger partial charge in [0, 0.05) is 23.6 Å². The Morgan fingerprint density at radius 3 is 1.97 bits per heavy atom. The Morgan fingerprint density at radius 2 is 1.44 bits per heavy atom. The quantitative estimate of drug-likeness (QED) is 0.397. The lowest BCUT2D eigenvalue weighted by Gasteiger charge is -2.33. The molecular weight excluding hydrogens is 521 g/mol. The molecule has 7 nitrogen and oxygen atoms in total. The van der Waals surface area contributed by atoms with Gasteiger partial charge in [-0.15, -0.1) is 0 Å². The molecule has 0 radical (unpaired) electrons. The van der Waals surface area contributed by atoms with Crippen LogP contribution in [-0.4, -0.2) is 44.8 Å². The number of halogens is 2. The molecule has 3 aromatic carbocycles. The van der Waals surface area contributed by atoms with Crippen LogP contribution < -0.4 is 9.62 Å². The lowest BCUT2D eigenvalue weighted by atomic mass is 10.1. The highest BCUT2D eigenvalue weighted by Gasteiger charge is 2.33. The van der Waals surface area contributed by atoms with Gasteiger partial charge in [0.25, 0.3) is 10.0 Å². The first-order valence-electron chi connectivity index (χ1n) is 11.3. The molecule has 3 aromatic rings. The van der Waals surface area contributed by atoms with E-state index in [9.17, 15) is 18.0 Å². The smallest absolute Gasteiger partial charge is 0.264 e. The van der Waals surface area contributed by atoms with E-state index in [-0.39, 0.29) is 23.0 Å². The summed E-state index contributed by atoms with van der Waals surface area (Å²) >= 11 is 12.0. The minimum atomic E-state index is -4.11. The number of benzene rings is 3. The molecule has 0 aromatic heterocycles. The fourth-order valence-corrected chi connectivity index (χ4v) is 5.42. The lowest BCUT2D eigenvalue weighted by molar-refractivity contribution is -0.140. The Bertz CT molecular complexity index is 1290. The summed E-state index contributed by atoms with van der Waals surface area (Å²) in [6.07, 6.45) is 0.339. The Hall–Kier alpha value is -3.07. The van der Waals surface area contributed by atoms with Gasteiger partial charge in [-0.25, -0.2) is 8.42 Å². The lowest BCUT2D eigenvalue weighted by Crippen LogP contribution is -2.51. The van der Waals surface area contributed by atoms with Crippen LogP contribution in [0.15, 0.2) is 83.8 Å². The van der Waals surface area contributed by atoms with Crippen molar-refractivity contribution < 1.29 is 18.0 Å². The molecule has 0 saturated heterocycles. The largest absolute Gasteiger partial charge is 0.357 e. The summed E-state index contributed by atoms with van der Waals surface area (Å²) in [6.45, 7) is 1.38. The molecule has 0 heterocycles. The molecule has 0 spiro atoms. The van der Waals surface area contributed by atoms with Crippen LogP contribution in [0.4, 0.5) is 5.69 Å². The monoisotopic (exact) mass is 547 g/mol. The number of rotatable bonds is 10. The standard InChI is InChI=1S/C26H27Cl2N3O4S/c1-3-24(26(33)29-2)30(17-19-9-11-20(27)12-10-19)25(32)18-31(22-15-13-21(28)14-16-22)36(34,35)23-7-5-4-6-8-23/h4-16,24H,3,17-18H2,1-2H3,(H,29,33). The van der Waals surface area contributed by atoms with Gasteiger partial charge >= 0.3 is 0 Å². The number of anilines is 1. The minimum absolute atomic E-state index is 0.0374. The normalized spacial score (nSPS) is 12.0. The maximum absolute atomic E-state index is 13.8. The van der Waals surface area contributed by atoms with Crippen molar-refractivity contribution in [1.82, 2.24) is 10.2 Å². The van der Waals surface area contributed by atoms with E-state index < -0.39 is 28.5 Å². The first-order chi connectivity index (χ1) is 17.2. The molecule has 0 aliphatic carbocycles. The van der Waals surface area contributed by atoms with Crippen molar-refractivity contribution >= 4 is 50.7 Å². The van der Waals surface area contributed by atoms with Gasteiger partial charge in [-0.3, -0.25) is 13.9 Å². The summed E-state index contributed by atoms with van der Waals surface area (Å²) in [5, 5.41) is 3.56. The van der Waals surface area contributed by atoms with Gasteiger partial charge in [-0.2, -0.15) is 0 Å². The Labute approximate surface area is 221 Å². The molecule has 0 bridgehead atoms. The van der Waals surface area contributed by atoms with Crippen LogP contribution in [0.1, 0.15) is 18.9 Å². The Balaban J connectivity index is 2.03. The molecule has 190 valence electrons. The SMILES string of the molecule is CCC(C(=O)NC)N(Cc1ccc(Cl)cc1)C(=O)CN(c1ccc(Cl)cc1)S(=O)(=O)c1ccccc1. The number of hydrogen-bond donors (Lipinski definition) is 1. The third-order valence-corrected chi connectivity index (χ3v) is 7.92. The predicted octanol–water partition coefficient (Wildman–Crippen LogP) is 4.74. The second-order valence-corrected chi connectivity index (χ2v) is 10.7. The highest BCUT2D eigenvalue weighted by atomic mass is 35.5. The van der Waals surface area contributed by atoms with Crippen molar-refractivity contribution in [2.75, 3.05) is 17.9 Å². The second kappa shape index (κ2) is 12.3. The summed E-state index contributed by atoms with van der Waals surface area (Å²) in [5.74, 6) is -0.876. The molecule has 2 amide bonds. The van der Waals surface area contributed by atoms with Gasteiger partial charge in [0.15, 0.2) is 0 Å². The molecule has 0 fully saturated rings. The number of nitrogens with zero attached hydrogens (tertiary/aromatic N) is 2. The highest BCUT2D eigenvalue weighted by molar-refractivity contribution is 7.92. The molecule has 3 rings (SSSR count). The maximum Gasteiger partial charge on any atom is 0.264 e. The third kappa shape index (κ3) is 6.57. The highest BCUT2D eigenvalue weighted by Crippen LogP contribution is 2.26. The number of hydrogen-bond acceptors (Lipinski definition) is 4. The molecular formula is C26H27Cl2N3O4S. The number of likely N-dealkylation sites (N-methyl/N-ethyl adjacent to an activating group) is 1. The molecule has 0 aliphatic rings. The fourth-order valence-electron chi connectivity index (χ4n) is 3.73. The molecule has 36 heavy (non-hydrogen) atoms. The van der Waals surface area contributed by atoms with Crippen molar-refractivity contribution in [3.8, 4) is 0 Å². The van der Waals surface area contributed by atoms with E-state index in [2.05, 4.69) is 5.32 Å². The van der Waals surface area contributed by atoms with E-state index in [1.54, 1.807) is 61.5 Å². The number of carbonyl (C=O) groups is 2. The molecule has 1 atom stereocenters. The topological polar surface area (TPSA) is 86.8 Å². The van der Waals surface area contributed by atoms with Crippen LogP contribution in [0, 0.1) is 0 Å². The van der Waals surface area contributed by atoms with Crippen molar-refractivity contribution in [2.24, 2.45) is 0 Å². The van der Waals surface area contributed by atoms with E-state index in [4.69, 9.17) is 23.2 Å². The van der Waals surface area contributed by atoms with Crippen LogP contribution >= 0.6 is 23.2 Å². The van der Waals surface area contributed by atoms with E-state index in [1.807, 2.05) is 0 Å². The zero-order valence-electron chi connectivity index (χ0n) is 19.9. The summed E-state index contributed by atoms with van der Waals surface area (Å²) in [4.78, 5) is 27.9. The van der Waals surface area contributed by atoms with Gasteiger partial charge in [-0.1, -0.05) is 60.5 Å². The van der Waals surface area contributed by atoms with Crippen molar-refractivity contribution in [1.29, 1.82) is 0 Å². The van der Waals surface area contributed by atoms with Crippen molar-refractivity contribution in [3.05, 3.63) is 94.5 Å². The zero-order valence-corrected chi connectivity index (χ0v) is 22.2. The van der Waals surface area contributed by atoms with E-state index in [0.717, 1.165) is 9.87 Å². The molecule has 0 saturated carbocycles. The average molecular weight is 548 g/mol. The van der Waals surface area contributed by atoms with Gasteiger partial charge in [0.1, 0.15) is 12.6 Å². The van der Waals surface area contributed by atoms with Gasteiger partial charge in [-0.05, 0) is 60.5 Å². The van der Waals surface area contributed by atoms with Crippen LogP contribution in [0.3, 0.4) is 0 Å². The van der Waals surface area contributed by atoms with Crippen LogP contribution in [-0.2, 0) is 26.2 Å². The minimum Gasteiger partial charge on any atom is -0.357 e. The number of amides is 2. The number of nitrogens with one attached hydrogen (secondary N) is 1. The van der Waals surface area contributed by atoms with E-state index >= 15 is 0 Å². The van der Waals surface area contributed by atoms with Crippen LogP contribution in [0.5, 0.6) is 0 Å². The summed E-state index contributed by atoms with van der Waals surface area (Å²) in [6, 6.07) is 20.2. The number of carbonyl (C=O) groups excluding carboxylic acids is 2. The first kappa shape index (κ1) is 27.5. The predicted molar refractivity (Wildman–Crippen MR) is 143 cm³/mol. The maximum atomic E-state index is 13.8. The van der Waals surface area contributed by atoms with Crippen LogP contribution in [0.2, 0.25) is 10.0 Å². The van der Waals surface area contributed by atoms with Gasteiger partial charge in [0.2, 0.25) is 11.8 Å². The fraction of sp³-hybridized carbons (Fsp3) is 0.231. The molecule has 1 unspecified atom stereocenters. The molecule has 0 aliphatic heterocycles. The summed E-state index contributed by atoms with van der Waals surface area (Å²) in [7, 11) is -2.61. The Morgan fingerprint density at radius 1 is 0.889 bits per heavy atom. The molecule has 10 heteroatoms. The average Bonchev–Trinajstić information content (AvgIpc) is 2.89. The second-order valence-electron chi connectivity index (χ2n) is 7.99. The van der Waals surface area contributed by atoms with E-state index in [0.29, 0.717) is 16.5 Å². The van der Waals surface area contributed by atoms with Crippen LogP contribution in [0.25, 0.3) is 0 Å². The van der Waals surface area contributed by atoms with Gasteiger partial charge in [0.05, 0.1) is 10.6 Å². The first-order valence-corrected chi connectivity index (χ1v) is 13.5. The Kier molecular flexibility index (Phi) is 9.37. The number of sulfonamides is 1. The third-order valence-electron chi connectivity index (χ3n) is 5.62. The zero-order chi connectivity index (χ0) is 26.3. The van der Waals surface area contributed by atoms with E-state index in [1.165, 1.54) is 36.2 Å².